The van der Waals surface area contributed by atoms with Gasteiger partial charge in [0.15, 0.2) is 0 Å². The number of carbonyl (C=O) groups is 2. The molecule has 0 aliphatic carbocycles. The first kappa shape index (κ1) is 17.2. The molecule has 0 radical (unpaired) electrons. The average molecular weight is 340 g/mol. The van der Waals surface area contributed by atoms with Gasteiger partial charge in [0.25, 0.3) is 5.91 Å². The maximum Gasteiger partial charge on any atom is 0.257 e. The van der Waals surface area contributed by atoms with Gasteiger partial charge in [-0.1, -0.05) is 24.6 Å². The van der Waals surface area contributed by atoms with Gasteiger partial charge in [-0.05, 0) is 32.4 Å². The summed E-state index contributed by atoms with van der Waals surface area (Å²) in [5, 5.41) is 4.38. The molecule has 0 atom stereocenters. The molecule has 2 heterocycles. The molecule has 6 nitrogen and oxygen atoms in total. The van der Waals surface area contributed by atoms with Crippen LogP contribution in [0.3, 0.4) is 0 Å². The molecule has 1 aromatic heterocycles. The van der Waals surface area contributed by atoms with E-state index in [0.717, 1.165) is 24.2 Å². The van der Waals surface area contributed by atoms with Gasteiger partial charge < -0.3 is 9.80 Å². The van der Waals surface area contributed by atoms with Crippen LogP contribution < -0.4 is 4.90 Å². The molecule has 2 amide bonds. The van der Waals surface area contributed by atoms with E-state index in [0.29, 0.717) is 24.3 Å². The minimum atomic E-state index is -0.114. The largest absolute Gasteiger partial charge is 0.327 e. The van der Waals surface area contributed by atoms with Crippen LogP contribution in [-0.2, 0) is 11.3 Å². The lowest BCUT2D eigenvalue weighted by Gasteiger charge is -2.34. The summed E-state index contributed by atoms with van der Waals surface area (Å²) in [5.74, 6) is -0.168. The Kier molecular flexibility index (Phi) is 4.88. The van der Waals surface area contributed by atoms with Gasteiger partial charge in [-0.3, -0.25) is 14.3 Å². The molecule has 0 unspecified atom stereocenters. The van der Waals surface area contributed by atoms with E-state index in [9.17, 15) is 9.59 Å². The van der Waals surface area contributed by atoms with E-state index in [1.54, 1.807) is 20.7 Å². The van der Waals surface area contributed by atoms with Crippen LogP contribution in [-0.4, -0.2) is 46.1 Å². The maximum absolute atomic E-state index is 12.8. The van der Waals surface area contributed by atoms with Crippen molar-refractivity contribution in [2.45, 2.75) is 33.7 Å². The van der Waals surface area contributed by atoms with Gasteiger partial charge in [-0.25, -0.2) is 0 Å². The number of benzene rings is 1. The molecule has 0 bridgehead atoms. The third-order valence-corrected chi connectivity index (χ3v) is 4.48. The number of rotatable bonds is 4. The summed E-state index contributed by atoms with van der Waals surface area (Å²) in [7, 11) is 0. The van der Waals surface area contributed by atoms with Crippen LogP contribution >= 0.6 is 0 Å². The van der Waals surface area contributed by atoms with Gasteiger partial charge in [0.05, 0.1) is 11.3 Å². The van der Waals surface area contributed by atoms with Crippen LogP contribution in [0.4, 0.5) is 5.69 Å². The van der Waals surface area contributed by atoms with Crippen molar-refractivity contribution in [3.05, 3.63) is 47.3 Å². The first-order chi connectivity index (χ1) is 12.0. The molecule has 3 rings (SSSR count). The SMILES string of the molecule is CCCn1cc(C(=O)N2CCN(c3ccc(C)cc3)C(=O)C2)c(C)n1. The fourth-order valence-electron chi connectivity index (χ4n) is 3.09. The molecule has 25 heavy (non-hydrogen) atoms. The number of piperazine rings is 1. The van der Waals surface area contributed by atoms with Crippen LogP contribution in [0, 0.1) is 13.8 Å². The second-order valence-corrected chi connectivity index (χ2v) is 6.50. The monoisotopic (exact) mass is 340 g/mol. The first-order valence-corrected chi connectivity index (χ1v) is 8.70. The predicted octanol–water partition coefficient (Wildman–Crippen LogP) is 2.40. The van der Waals surface area contributed by atoms with Crippen LogP contribution in [0.5, 0.6) is 0 Å². The van der Waals surface area contributed by atoms with Gasteiger partial charge in [0, 0.05) is 31.5 Å². The number of aryl methyl sites for hydroxylation is 3. The summed E-state index contributed by atoms with van der Waals surface area (Å²) in [6, 6.07) is 7.88. The van der Waals surface area contributed by atoms with E-state index in [1.807, 2.05) is 38.1 Å². The Hall–Kier alpha value is -2.63. The summed E-state index contributed by atoms with van der Waals surface area (Å²) in [4.78, 5) is 28.7. The Morgan fingerprint density at radius 2 is 1.88 bits per heavy atom. The second kappa shape index (κ2) is 7.09. The molecule has 132 valence electrons. The topological polar surface area (TPSA) is 58.4 Å². The summed E-state index contributed by atoms with van der Waals surface area (Å²) < 4.78 is 1.80. The zero-order valence-corrected chi connectivity index (χ0v) is 15.0. The van der Waals surface area contributed by atoms with E-state index in [4.69, 9.17) is 0 Å². The quantitative estimate of drug-likeness (QED) is 0.859. The molecule has 0 N–H and O–H groups in total. The van der Waals surface area contributed by atoms with Crippen LogP contribution in [0.15, 0.2) is 30.5 Å². The molecule has 1 aromatic carbocycles. The van der Waals surface area contributed by atoms with Crippen molar-refractivity contribution in [2.24, 2.45) is 0 Å². The highest BCUT2D eigenvalue weighted by molar-refractivity contribution is 6.02. The van der Waals surface area contributed by atoms with Gasteiger partial charge in [-0.2, -0.15) is 5.10 Å². The predicted molar refractivity (Wildman–Crippen MR) is 96.7 cm³/mol. The molecule has 2 aromatic rings. The third-order valence-electron chi connectivity index (χ3n) is 4.48. The summed E-state index contributed by atoms with van der Waals surface area (Å²) in [5.41, 5.74) is 3.34. The summed E-state index contributed by atoms with van der Waals surface area (Å²) >= 11 is 0. The Labute approximate surface area is 148 Å². The molecule has 0 spiro atoms. The lowest BCUT2D eigenvalue weighted by molar-refractivity contribution is -0.120. The number of hydrogen-bond donors (Lipinski definition) is 0. The highest BCUT2D eigenvalue weighted by Gasteiger charge is 2.29. The van der Waals surface area contributed by atoms with E-state index >= 15 is 0 Å². The lowest BCUT2D eigenvalue weighted by atomic mass is 10.1. The van der Waals surface area contributed by atoms with Crippen LogP contribution in [0.25, 0.3) is 0 Å². The van der Waals surface area contributed by atoms with E-state index < -0.39 is 0 Å². The highest BCUT2D eigenvalue weighted by Crippen LogP contribution is 2.19. The van der Waals surface area contributed by atoms with Crippen LogP contribution in [0.1, 0.15) is 35.0 Å². The van der Waals surface area contributed by atoms with Crippen LogP contribution in [0.2, 0.25) is 0 Å². The third kappa shape index (κ3) is 3.57. The molecular weight excluding hydrogens is 316 g/mol. The van der Waals surface area contributed by atoms with Crippen molar-refractivity contribution in [2.75, 3.05) is 24.5 Å². The Bertz CT molecular complexity index is 779. The smallest absolute Gasteiger partial charge is 0.257 e. The second-order valence-electron chi connectivity index (χ2n) is 6.50. The van der Waals surface area contributed by atoms with Crippen molar-refractivity contribution < 1.29 is 9.59 Å². The van der Waals surface area contributed by atoms with Crippen molar-refractivity contribution >= 4 is 17.5 Å². The van der Waals surface area contributed by atoms with Crippen molar-refractivity contribution in [1.82, 2.24) is 14.7 Å². The molecular formula is C19H24N4O2. The molecule has 1 fully saturated rings. The Morgan fingerprint density at radius 1 is 1.16 bits per heavy atom. The van der Waals surface area contributed by atoms with Crippen molar-refractivity contribution in [3.8, 4) is 0 Å². The number of carbonyl (C=O) groups excluding carboxylic acids is 2. The lowest BCUT2D eigenvalue weighted by Crippen LogP contribution is -2.52. The van der Waals surface area contributed by atoms with Gasteiger partial charge in [0.1, 0.15) is 6.54 Å². The summed E-state index contributed by atoms with van der Waals surface area (Å²) in [6.45, 7) is 7.85. The van der Waals surface area contributed by atoms with Crippen molar-refractivity contribution in [3.63, 3.8) is 0 Å². The maximum atomic E-state index is 12.8. The normalized spacial score (nSPS) is 14.9. The Morgan fingerprint density at radius 3 is 2.52 bits per heavy atom. The molecule has 1 saturated heterocycles. The zero-order valence-electron chi connectivity index (χ0n) is 15.0. The molecule has 0 saturated carbocycles. The van der Waals surface area contributed by atoms with Gasteiger partial charge in [-0.15, -0.1) is 0 Å². The average Bonchev–Trinajstić information content (AvgIpc) is 2.96. The fourth-order valence-corrected chi connectivity index (χ4v) is 3.09. The highest BCUT2D eigenvalue weighted by atomic mass is 16.2. The minimum Gasteiger partial charge on any atom is -0.327 e. The number of amides is 2. The first-order valence-electron chi connectivity index (χ1n) is 8.70. The van der Waals surface area contributed by atoms with Gasteiger partial charge >= 0.3 is 0 Å². The van der Waals surface area contributed by atoms with E-state index in [2.05, 4.69) is 12.0 Å². The minimum absolute atomic E-state index is 0.0537. The summed E-state index contributed by atoms with van der Waals surface area (Å²) in [6.07, 6.45) is 2.75. The Balaban J connectivity index is 1.71. The van der Waals surface area contributed by atoms with E-state index in [-0.39, 0.29) is 18.4 Å². The van der Waals surface area contributed by atoms with Crippen molar-refractivity contribution in [1.29, 1.82) is 0 Å². The molecule has 1 aliphatic rings. The standard InChI is InChI=1S/C19H24N4O2/c1-4-9-22-12-17(15(3)20-22)19(25)21-10-11-23(18(24)13-21)16-7-5-14(2)6-8-16/h5-8,12H,4,9-11,13H2,1-3H3. The molecule has 1 aliphatic heterocycles. The molecule has 6 heteroatoms. The fraction of sp³-hybridized carbons (Fsp3) is 0.421. The number of anilines is 1. The number of nitrogens with zero attached hydrogens (tertiary/aromatic N) is 4. The number of hydrogen-bond acceptors (Lipinski definition) is 3. The van der Waals surface area contributed by atoms with Gasteiger partial charge in [0.2, 0.25) is 5.91 Å². The zero-order chi connectivity index (χ0) is 18.0. The van der Waals surface area contributed by atoms with E-state index in [1.165, 1.54) is 0 Å². The number of aromatic nitrogens is 2.